The van der Waals surface area contributed by atoms with Gasteiger partial charge in [0.1, 0.15) is 0 Å². The van der Waals surface area contributed by atoms with Crippen LogP contribution in [0.5, 0.6) is 0 Å². The van der Waals surface area contributed by atoms with E-state index in [1.165, 1.54) is 64.2 Å². The quantitative estimate of drug-likeness (QED) is 0.188. The second-order valence-electron chi connectivity index (χ2n) is 9.91. The number of rotatable bonds is 16. The molecule has 0 saturated heterocycles. The Balaban J connectivity index is 1.82. The number of aromatic nitrogens is 1. The van der Waals surface area contributed by atoms with Crippen LogP contribution in [0.25, 0.3) is 22.2 Å². The lowest BCUT2D eigenvalue weighted by molar-refractivity contribution is 0.110. The minimum atomic E-state index is -0.630. The van der Waals surface area contributed by atoms with Crippen LogP contribution in [0.1, 0.15) is 89.7 Å². The van der Waals surface area contributed by atoms with E-state index >= 15 is 0 Å². The Hall–Kier alpha value is -1.65. The molecule has 0 radical (unpaired) electrons. The van der Waals surface area contributed by atoms with Gasteiger partial charge in [-0.3, -0.25) is 0 Å². The fourth-order valence-electron chi connectivity index (χ4n) is 4.76. The average molecular weight is 530 g/mol. The first-order valence-electron chi connectivity index (χ1n) is 13.8. The second kappa shape index (κ2) is 15.6. The van der Waals surface area contributed by atoms with E-state index in [-0.39, 0.29) is 0 Å². The Morgan fingerprint density at radius 1 is 0.750 bits per heavy atom. The van der Waals surface area contributed by atoms with E-state index in [1.54, 1.807) is 0 Å². The normalized spacial score (nSPS) is 12.5. The lowest BCUT2D eigenvalue weighted by atomic mass is 9.98. The molecular weight excluding hydrogens is 487 g/mol. The fraction of sp³-hybridized carbons (Fsp3) is 0.516. The molecule has 36 heavy (non-hydrogen) atoms. The van der Waals surface area contributed by atoms with Crippen LogP contribution in [0, 0.1) is 0 Å². The van der Waals surface area contributed by atoms with Crippen molar-refractivity contribution in [3.8, 4) is 11.3 Å². The van der Waals surface area contributed by atoms with E-state index in [1.807, 2.05) is 42.5 Å². The number of fused-ring (bicyclic) bond motifs is 1. The summed E-state index contributed by atoms with van der Waals surface area (Å²) in [7, 11) is 0. The Bertz CT molecular complexity index is 1040. The maximum atomic E-state index is 11.5. The average Bonchev–Trinajstić information content (AvgIpc) is 2.87. The molecule has 3 nitrogen and oxygen atoms in total. The van der Waals surface area contributed by atoms with Crippen molar-refractivity contribution < 1.29 is 5.11 Å². The van der Waals surface area contributed by atoms with Crippen LogP contribution in [0.15, 0.2) is 48.5 Å². The van der Waals surface area contributed by atoms with Crippen molar-refractivity contribution in [2.24, 2.45) is 0 Å². The van der Waals surface area contributed by atoms with Gasteiger partial charge >= 0.3 is 0 Å². The molecule has 0 bridgehead atoms. The zero-order chi connectivity index (χ0) is 25.8. The summed E-state index contributed by atoms with van der Waals surface area (Å²) >= 11 is 12.4. The van der Waals surface area contributed by atoms with Crippen molar-refractivity contribution in [1.29, 1.82) is 0 Å². The number of aliphatic hydroxyl groups excluding tert-OH is 1. The maximum Gasteiger partial charge on any atom is 0.0938 e. The van der Waals surface area contributed by atoms with Gasteiger partial charge in [0.2, 0.25) is 0 Å². The van der Waals surface area contributed by atoms with Crippen LogP contribution in [0.4, 0.5) is 0 Å². The van der Waals surface area contributed by atoms with Crippen molar-refractivity contribution in [3.05, 3.63) is 64.1 Å². The number of halogens is 2. The van der Waals surface area contributed by atoms with Crippen molar-refractivity contribution in [2.45, 2.75) is 84.2 Å². The molecule has 0 aliphatic carbocycles. The molecule has 196 valence electrons. The van der Waals surface area contributed by atoms with Gasteiger partial charge < -0.3 is 10.0 Å². The summed E-state index contributed by atoms with van der Waals surface area (Å²) in [5.41, 5.74) is 3.42. The summed E-state index contributed by atoms with van der Waals surface area (Å²) in [6.07, 6.45) is 11.9. The molecule has 0 aliphatic rings. The third kappa shape index (κ3) is 9.03. The molecule has 0 saturated carbocycles. The minimum Gasteiger partial charge on any atom is -0.387 e. The van der Waals surface area contributed by atoms with Gasteiger partial charge in [-0.2, -0.15) is 0 Å². The smallest absolute Gasteiger partial charge is 0.0938 e. The molecule has 1 unspecified atom stereocenters. The van der Waals surface area contributed by atoms with Crippen LogP contribution in [0.3, 0.4) is 0 Å². The first kappa shape index (κ1) is 28.9. The van der Waals surface area contributed by atoms with Crippen molar-refractivity contribution in [2.75, 3.05) is 19.6 Å². The predicted octanol–water partition coefficient (Wildman–Crippen LogP) is 9.48. The first-order valence-corrected chi connectivity index (χ1v) is 14.5. The third-order valence-electron chi connectivity index (χ3n) is 6.87. The fourth-order valence-corrected chi connectivity index (χ4v) is 5.06. The molecule has 0 aliphatic heterocycles. The van der Waals surface area contributed by atoms with Gasteiger partial charge in [-0.25, -0.2) is 4.98 Å². The Labute approximate surface area is 227 Å². The maximum absolute atomic E-state index is 11.5. The molecule has 1 aromatic heterocycles. The molecule has 1 heterocycles. The lowest BCUT2D eigenvalue weighted by Gasteiger charge is -2.26. The predicted molar refractivity (Wildman–Crippen MR) is 156 cm³/mol. The molecule has 0 fully saturated rings. The number of aliphatic hydroxyl groups is 1. The van der Waals surface area contributed by atoms with Crippen LogP contribution < -0.4 is 0 Å². The zero-order valence-electron chi connectivity index (χ0n) is 22.0. The number of unbranched alkanes of at least 4 members (excludes halogenated alkanes) is 8. The Morgan fingerprint density at radius 3 is 1.94 bits per heavy atom. The molecule has 0 spiro atoms. The molecule has 3 aromatic rings. The van der Waals surface area contributed by atoms with Gasteiger partial charge in [-0.15, -0.1) is 0 Å². The molecular formula is C31H42Cl2N2O. The summed E-state index contributed by atoms with van der Waals surface area (Å²) in [5, 5.41) is 13.9. The molecule has 0 amide bonds. The monoisotopic (exact) mass is 528 g/mol. The highest BCUT2D eigenvalue weighted by Crippen LogP contribution is 2.32. The van der Waals surface area contributed by atoms with Gasteiger partial charge in [0.15, 0.2) is 0 Å². The second-order valence-corrected chi connectivity index (χ2v) is 10.8. The van der Waals surface area contributed by atoms with Crippen LogP contribution in [-0.2, 0) is 0 Å². The number of benzene rings is 2. The number of hydrogen-bond acceptors (Lipinski definition) is 3. The van der Waals surface area contributed by atoms with E-state index in [0.29, 0.717) is 16.6 Å². The van der Waals surface area contributed by atoms with E-state index in [4.69, 9.17) is 28.2 Å². The molecule has 2 aromatic carbocycles. The first-order chi connectivity index (χ1) is 17.5. The van der Waals surface area contributed by atoms with Crippen LogP contribution >= 0.6 is 23.2 Å². The van der Waals surface area contributed by atoms with Gasteiger partial charge in [-0.05, 0) is 56.3 Å². The topological polar surface area (TPSA) is 36.4 Å². The number of hydrogen-bond donors (Lipinski definition) is 1. The van der Waals surface area contributed by atoms with Crippen LogP contribution in [-0.4, -0.2) is 34.6 Å². The number of pyridine rings is 1. The molecule has 3 rings (SSSR count). The standard InChI is InChI=1S/C31H42Cl2N2O/c1-3-5-7-9-11-19-35(20-12-10-8-6-4-2)23-30(36)28-21-25-15-18-27(33)22-29(25)34-31(28)24-13-16-26(32)17-14-24/h13-18,21-22,30,36H,3-12,19-20,23H2,1-2H3. The Morgan fingerprint density at radius 2 is 1.33 bits per heavy atom. The highest BCUT2D eigenvalue weighted by atomic mass is 35.5. The van der Waals surface area contributed by atoms with E-state index in [9.17, 15) is 5.11 Å². The molecule has 1 atom stereocenters. The van der Waals surface area contributed by atoms with Gasteiger partial charge in [0.05, 0.1) is 17.3 Å². The summed E-state index contributed by atoms with van der Waals surface area (Å²) in [6.45, 7) is 7.18. The molecule has 5 heteroatoms. The summed E-state index contributed by atoms with van der Waals surface area (Å²) < 4.78 is 0. The van der Waals surface area contributed by atoms with Gasteiger partial charge in [-0.1, -0.05) is 107 Å². The lowest BCUT2D eigenvalue weighted by Crippen LogP contribution is -2.31. The Kier molecular flexibility index (Phi) is 12.5. The van der Waals surface area contributed by atoms with Crippen molar-refractivity contribution in [1.82, 2.24) is 9.88 Å². The third-order valence-corrected chi connectivity index (χ3v) is 7.36. The summed E-state index contributed by atoms with van der Waals surface area (Å²) in [6, 6.07) is 15.5. The van der Waals surface area contributed by atoms with Gasteiger partial charge in [0.25, 0.3) is 0 Å². The highest BCUT2D eigenvalue weighted by molar-refractivity contribution is 6.31. The van der Waals surface area contributed by atoms with E-state index < -0.39 is 6.10 Å². The van der Waals surface area contributed by atoms with Gasteiger partial charge in [0, 0.05) is 33.1 Å². The largest absolute Gasteiger partial charge is 0.387 e. The summed E-state index contributed by atoms with van der Waals surface area (Å²) in [5.74, 6) is 0. The number of nitrogens with zero attached hydrogens (tertiary/aromatic N) is 2. The zero-order valence-corrected chi connectivity index (χ0v) is 23.5. The van der Waals surface area contributed by atoms with Crippen molar-refractivity contribution in [3.63, 3.8) is 0 Å². The molecule has 1 N–H and O–H groups in total. The van der Waals surface area contributed by atoms with Crippen molar-refractivity contribution >= 4 is 34.1 Å². The van der Waals surface area contributed by atoms with E-state index in [0.717, 1.165) is 40.8 Å². The summed E-state index contributed by atoms with van der Waals surface area (Å²) in [4.78, 5) is 7.41. The highest BCUT2D eigenvalue weighted by Gasteiger charge is 2.20. The van der Waals surface area contributed by atoms with Crippen LogP contribution in [0.2, 0.25) is 10.0 Å². The SMILES string of the molecule is CCCCCCCN(CCCCCCC)CC(O)c1cc2ccc(Cl)cc2nc1-c1ccc(Cl)cc1. The minimum absolute atomic E-state index is 0.614. The van der Waals surface area contributed by atoms with E-state index in [2.05, 4.69) is 24.8 Å².